The second-order valence-corrected chi connectivity index (χ2v) is 6.24. The fraction of sp³-hybridized carbons (Fsp3) is 0.333. The number of aliphatic hydroxyl groups excluding tert-OH is 1. The number of H-pyrrole nitrogens is 2. The lowest BCUT2D eigenvalue weighted by atomic mass is 10.3. The van der Waals surface area contributed by atoms with Crippen LogP contribution in [0.25, 0.3) is 11.0 Å². The summed E-state index contributed by atoms with van der Waals surface area (Å²) in [6, 6.07) is 3.36. The van der Waals surface area contributed by atoms with E-state index in [1.54, 1.807) is 6.92 Å². The molecule has 8 nitrogen and oxygen atoms in total. The maximum Gasteiger partial charge on any atom is 0.314 e. The van der Waals surface area contributed by atoms with Gasteiger partial charge in [0.1, 0.15) is 0 Å². The lowest BCUT2D eigenvalue weighted by Crippen LogP contribution is -2.37. The van der Waals surface area contributed by atoms with E-state index < -0.39 is 27.2 Å². The van der Waals surface area contributed by atoms with Crippen LogP contribution in [0.4, 0.5) is 0 Å². The van der Waals surface area contributed by atoms with Gasteiger partial charge in [0.25, 0.3) is 0 Å². The average molecular weight is 313 g/mol. The van der Waals surface area contributed by atoms with E-state index in [2.05, 4.69) is 14.7 Å². The Morgan fingerprint density at radius 3 is 2.38 bits per heavy atom. The Labute approximate surface area is 119 Å². The van der Waals surface area contributed by atoms with Crippen molar-refractivity contribution in [2.24, 2.45) is 0 Å². The number of benzene rings is 1. The van der Waals surface area contributed by atoms with Gasteiger partial charge in [-0.3, -0.25) is 9.59 Å². The van der Waals surface area contributed by atoms with Crippen molar-refractivity contribution in [1.29, 1.82) is 0 Å². The van der Waals surface area contributed by atoms with Gasteiger partial charge in [0.2, 0.25) is 10.0 Å². The Balaban J connectivity index is 2.49. The number of aromatic amines is 2. The van der Waals surface area contributed by atoms with E-state index in [0.29, 0.717) is 11.9 Å². The van der Waals surface area contributed by atoms with Crippen LogP contribution in [0.15, 0.2) is 32.7 Å². The van der Waals surface area contributed by atoms with E-state index in [4.69, 9.17) is 5.11 Å². The summed E-state index contributed by atoms with van der Waals surface area (Å²) in [6.45, 7) is 1.43. The van der Waals surface area contributed by atoms with Crippen LogP contribution in [0, 0.1) is 0 Å². The summed E-state index contributed by atoms with van der Waals surface area (Å²) in [7, 11) is -3.82. The first-order valence-electron chi connectivity index (χ1n) is 6.27. The summed E-state index contributed by atoms with van der Waals surface area (Å²) < 4.78 is 26.7. The van der Waals surface area contributed by atoms with Gasteiger partial charge in [0, 0.05) is 6.04 Å². The summed E-state index contributed by atoms with van der Waals surface area (Å²) in [6.07, 6.45) is 0.438. The van der Waals surface area contributed by atoms with Crippen molar-refractivity contribution in [3.05, 3.63) is 38.9 Å². The Bertz CT molecular complexity index is 864. The maximum atomic E-state index is 12.2. The first-order valence-corrected chi connectivity index (χ1v) is 7.75. The van der Waals surface area contributed by atoms with Gasteiger partial charge in [-0.1, -0.05) is 6.92 Å². The molecule has 0 bridgehead atoms. The van der Waals surface area contributed by atoms with Crippen molar-refractivity contribution in [2.75, 3.05) is 6.61 Å². The third kappa shape index (κ3) is 3.20. The number of hydrogen-bond acceptors (Lipinski definition) is 5. The largest absolute Gasteiger partial charge is 0.395 e. The van der Waals surface area contributed by atoms with Gasteiger partial charge in [-0.05, 0) is 24.6 Å². The highest BCUT2D eigenvalue weighted by molar-refractivity contribution is 7.89. The number of nitrogens with one attached hydrogen (secondary N) is 3. The molecule has 0 spiro atoms. The van der Waals surface area contributed by atoms with Crippen molar-refractivity contribution in [3.8, 4) is 0 Å². The lowest BCUT2D eigenvalue weighted by Gasteiger charge is -2.14. The fourth-order valence-electron chi connectivity index (χ4n) is 1.80. The first-order chi connectivity index (χ1) is 9.87. The molecule has 0 radical (unpaired) electrons. The van der Waals surface area contributed by atoms with Crippen LogP contribution in [0.5, 0.6) is 0 Å². The number of fused-ring (bicyclic) bond motifs is 1. The van der Waals surface area contributed by atoms with E-state index in [-0.39, 0.29) is 17.0 Å². The highest BCUT2D eigenvalue weighted by atomic mass is 32.2. The van der Waals surface area contributed by atoms with Crippen LogP contribution in [-0.2, 0) is 10.0 Å². The molecule has 9 heteroatoms. The minimum atomic E-state index is -3.82. The van der Waals surface area contributed by atoms with Gasteiger partial charge in [-0.25, -0.2) is 13.1 Å². The Morgan fingerprint density at radius 1 is 1.19 bits per heavy atom. The normalized spacial score (nSPS) is 13.4. The van der Waals surface area contributed by atoms with E-state index in [1.807, 2.05) is 0 Å². The number of rotatable bonds is 5. The summed E-state index contributed by atoms with van der Waals surface area (Å²) in [5, 5.41) is 9.06. The molecule has 114 valence electrons. The van der Waals surface area contributed by atoms with Gasteiger partial charge in [-0.15, -0.1) is 0 Å². The number of aromatic nitrogens is 2. The molecule has 0 amide bonds. The lowest BCUT2D eigenvalue weighted by molar-refractivity contribution is 0.254. The quantitative estimate of drug-likeness (QED) is 0.540. The summed E-state index contributed by atoms with van der Waals surface area (Å²) in [5.74, 6) is 0. The average Bonchev–Trinajstić information content (AvgIpc) is 2.45. The van der Waals surface area contributed by atoms with Crippen LogP contribution in [-0.4, -0.2) is 36.1 Å². The molecule has 2 aromatic rings. The molecular weight excluding hydrogens is 298 g/mol. The highest BCUT2D eigenvalue weighted by Crippen LogP contribution is 2.15. The molecule has 1 aromatic heterocycles. The third-order valence-electron chi connectivity index (χ3n) is 3.04. The summed E-state index contributed by atoms with van der Waals surface area (Å²) >= 11 is 0. The zero-order valence-corrected chi connectivity index (χ0v) is 12.0. The molecule has 0 aliphatic rings. The molecular formula is C12H15N3O5S. The summed E-state index contributed by atoms with van der Waals surface area (Å²) in [4.78, 5) is 27.0. The van der Waals surface area contributed by atoms with Gasteiger partial charge in [-0.2, -0.15) is 0 Å². The Kier molecular flexibility index (Phi) is 4.26. The minimum Gasteiger partial charge on any atom is -0.395 e. The smallest absolute Gasteiger partial charge is 0.314 e. The van der Waals surface area contributed by atoms with Crippen LogP contribution in [0.3, 0.4) is 0 Å². The van der Waals surface area contributed by atoms with Gasteiger partial charge in [0.15, 0.2) is 0 Å². The van der Waals surface area contributed by atoms with Crippen molar-refractivity contribution >= 4 is 21.1 Å². The predicted molar refractivity (Wildman–Crippen MR) is 76.7 cm³/mol. The van der Waals surface area contributed by atoms with E-state index in [0.717, 1.165) is 0 Å². The van der Waals surface area contributed by atoms with Crippen molar-refractivity contribution < 1.29 is 13.5 Å². The molecule has 1 aromatic carbocycles. The molecule has 0 aliphatic carbocycles. The van der Waals surface area contributed by atoms with Crippen LogP contribution >= 0.6 is 0 Å². The molecule has 21 heavy (non-hydrogen) atoms. The topological polar surface area (TPSA) is 132 Å². The fourth-order valence-corrected chi connectivity index (χ4v) is 3.13. The molecule has 1 unspecified atom stereocenters. The van der Waals surface area contributed by atoms with Gasteiger partial charge >= 0.3 is 11.1 Å². The van der Waals surface area contributed by atoms with Gasteiger partial charge < -0.3 is 15.1 Å². The van der Waals surface area contributed by atoms with E-state index in [9.17, 15) is 18.0 Å². The number of aliphatic hydroxyl groups is 1. The molecule has 1 atom stereocenters. The second-order valence-electron chi connectivity index (χ2n) is 4.52. The zero-order chi connectivity index (χ0) is 15.6. The third-order valence-corrected chi connectivity index (χ3v) is 4.56. The molecule has 2 rings (SSSR count). The van der Waals surface area contributed by atoms with Gasteiger partial charge in [0.05, 0.1) is 22.5 Å². The number of sulfonamides is 1. The maximum absolute atomic E-state index is 12.2. The molecule has 0 saturated carbocycles. The summed E-state index contributed by atoms with van der Waals surface area (Å²) in [5.41, 5.74) is -1.12. The van der Waals surface area contributed by atoms with Crippen LogP contribution < -0.4 is 15.8 Å². The van der Waals surface area contributed by atoms with Crippen molar-refractivity contribution in [3.63, 3.8) is 0 Å². The molecule has 4 N–H and O–H groups in total. The number of hydrogen-bond donors (Lipinski definition) is 4. The predicted octanol–water partition coefficient (Wildman–Crippen LogP) is -0.734. The van der Waals surface area contributed by atoms with Crippen molar-refractivity contribution in [1.82, 2.24) is 14.7 Å². The molecule has 1 heterocycles. The van der Waals surface area contributed by atoms with Crippen LogP contribution in [0.1, 0.15) is 13.3 Å². The van der Waals surface area contributed by atoms with E-state index >= 15 is 0 Å². The highest BCUT2D eigenvalue weighted by Gasteiger charge is 2.19. The first kappa shape index (κ1) is 15.4. The van der Waals surface area contributed by atoms with E-state index in [1.165, 1.54) is 18.2 Å². The Hall–Kier alpha value is -1.97. The standard InChI is InChI=1S/C12H15N3O5S/c1-2-7(6-16)15-21(19,20)8-3-4-9-10(5-8)14-12(18)11(17)13-9/h3-5,7,15-16H,2,6H2,1H3,(H,13,17)(H,14,18). The molecule has 0 fully saturated rings. The zero-order valence-electron chi connectivity index (χ0n) is 11.2. The SMILES string of the molecule is CCC(CO)NS(=O)(=O)c1ccc2[nH]c(=O)c(=O)[nH]c2c1. The molecule has 0 saturated heterocycles. The van der Waals surface area contributed by atoms with Crippen LogP contribution in [0.2, 0.25) is 0 Å². The monoisotopic (exact) mass is 313 g/mol. The second kappa shape index (κ2) is 5.80. The van der Waals surface area contributed by atoms with Crippen molar-refractivity contribution in [2.45, 2.75) is 24.3 Å². The Morgan fingerprint density at radius 2 is 1.81 bits per heavy atom. The molecule has 0 aliphatic heterocycles. The minimum absolute atomic E-state index is 0.0652.